The Morgan fingerprint density at radius 3 is 2.24 bits per heavy atom. The lowest BCUT2D eigenvalue weighted by atomic mass is 9.57. The fraction of sp³-hybridized carbons (Fsp3) is 0.741. The van der Waals surface area contributed by atoms with Crippen LogP contribution in [0, 0.1) is 28.6 Å². The van der Waals surface area contributed by atoms with Crippen LogP contribution in [0.25, 0.3) is 0 Å². The van der Waals surface area contributed by atoms with Gasteiger partial charge in [0.25, 0.3) is 0 Å². The molecule has 10 atom stereocenters. The van der Waals surface area contributed by atoms with Crippen molar-refractivity contribution in [2.45, 2.75) is 94.9 Å². The van der Waals surface area contributed by atoms with E-state index in [1.807, 2.05) is 6.07 Å². The van der Waals surface area contributed by atoms with Gasteiger partial charge in [-0.2, -0.15) is 0 Å². The van der Waals surface area contributed by atoms with E-state index in [0.29, 0.717) is 18.4 Å². The van der Waals surface area contributed by atoms with Gasteiger partial charge in [-0.25, -0.2) is 4.79 Å². The Kier molecular flexibility index (Phi) is 5.17. The Morgan fingerprint density at radius 2 is 1.59 bits per heavy atom. The summed E-state index contributed by atoms with van der Waals surface area (Å²) >= 11 is 0. The van der Waals surface area contributed by atoms with Crippen molar-refractivity contribution in [2.75, 3.05) is 0 Å². The maximum absolute atomic E-state index is 13.1. The Balaban J connectivity index is 1.62. The van der Waals surface area contributed by atoms with Crippen molar-refractivity contribution >= 4 is 5.97 Å². The number of carbonyl (C=O) groups excluding carboxylic acids is 1. The van der Waals surface area contributed by atoms with Crippen LogP contribution in [0.1, 0.15) is 70.2 Å². The SMILES string of the molecule is CC1(C)[C@@H](O)C[C@H]2[C@](C)(O)[C@@H]3CC[C@H]4C(OC(=O)c5ccccc5)C3(C[C@H](O)[C@@]21O)C[C@@]4(C)O. The summed E-state index contributed by atoms with van der Waals surface area (Å²) in [7, 11) is 0. The van der Waals surface area contributed by atoms with Gasteiger partial charge in [-0.15, -0.1) is 0 Å². The average Bonchev–Trinajstić information content (AvgIpc) is 2.99. The van der Waals surface area contributed by atoms with Gasteiger partial charge in [-0.1, -0.05) is 32.0 Å². The summed E-state index contributed by atoms with van der Waals surface area (Å²) in [4.78, 5) is 13.1. The standard InChI is InChI=1S/C27H38O7/c1-23(2)19(28)12-18-25(4,32)17-11-10-16-21(34-22(30)15-8-6-5-7-9-15)26(17,14-24(16,3)31)13-20(29)27(18,23)33/h5-9,16-21,28-29,31-33H,10-14H2,1-4H3/t16-,17-,18-,19-,20-,21?,24+,25+,26?,27-/m0/s1. The van der Waals surface area contributed by atoms with Crippen LogP contribution in [0.5, 0.6) is 0 Å². The molecule has 4 saturated carbocycles. The Morgan fingerprint density at radius 1 is 0.941 bits per heavy atom. The lowest BCUT2D eigenvalue weighted by Gasteiger charge is -2.52. The third-order valence-electron chi connectivity index (χ3n) is 10.5. The molecular weight excluding hydrogens is 436 g/mol. The van der Waals surface area contributed by atoms with Crippen molar-refractivity contribution in [3.63, 3.8) is 0 Å². The number of fused-ring (bicyclic) bond motifs is 2. The molecule has 0 heterocycles. The van der Waals surface area contributed by atoms with Crippen molar-refractivity contribution in [3.05, 3.63) is 35.9 Å². The third kappa shape index (κ3) is 2.91. The molecule has 5 N–H and O–H groups in total. The van der Waals surface area contributed by atoms with Crippen molar-refractivity contribution in [1.82, 2.24) is 0 Å². The number of benzene rings is 1. The highest BCUT2D eigenvalue weighted by atomic mass is 16.5. The Hall–Kier alpha value is -1.51. The largest absolute Gasteiger partial charge is 0.458 e. The molecule has 4 aliphatic carbocycles. The van der Waals surface area contributed by atoms with Gasteiger partial charge in [0.1, 0.15) is 11.7 Å². The van der Waals surface area contributed by atoms with E-state index in [4.69, 9.17) is 4.74 Å². The van der Waals surface area contributed by atoms with Crippen LogP contribution in [-0.4, -0.2) is 66.6 Å². The quantitative estimate of drug-likeness (QED) is 0.415. The highest BCUT2D eigenvalue weighted by Crippen LogP contribution is 2.70. The topological polar surface area (TPSA) is 127 Å². The van der Waals surface area contributed by atoms with Crippen molar-refractivity contribution in [1.29, 1.82) is 0 Å². The molecule has 188 valence electrons. The zero-order valence-electron chi connectivity index (χ0n) is 20.4. The number of ether oxygens (including phenoxy) is 1. The van der Waals surface area contributed by atoms with Gasteiger partial charge in [0, 0.05) is 22.7 Å². The number of esters is 1. The van der Waals surface area contributed by atoms with E-state index in [1.54, 1.807) is 52.0 Å². The van der Waals surface area contributed by atoms with Crippen LogP contribution in [0.4, 0.5) is 0 Å². The van der Waals surface area contributed by atoms with E-state index in [1.165, 1.54) is 0 Å². The maximum atomic E-state index is 13.1. The van der Waals surface area contributed by atoms with Gasteiger partial charge in [-0.3, -0.25) is 0 Å². The summed E-state index contributed by atoms with van der Waals surface area (Å²) in [5.41, 5.74) is -5.91. The summed E-state index contributed by atoms with van der Waals surface area (Å²) in [6.07, 6.45) is -1.27. The smallest absolute Gasteiger partial charge is 0.338 e. The van der Waals surface area contributed by atoms with Crippen molar-refractivity contribution < 1.29 is 35.1 Å². The molecular formula is C27H38O7. The second-order valence-corrected chi connectivity index (χ2v) is 12.5. The van der Waals surface area contributed by atoms with E-state index in [-0.39, 0.29) is 25.2 Å². The van der Waals surface area contributed by atoms with Crippen LogP contribution in [0.3, 0.4) is 0 Å². The molecule has 2 bridgehead atoms. The first-order chi connectivity index (χ1) is 15.7. The van der Waals surface area contributed by atoms with Gasteiger partial charge < -0.3 is 30.3 Å². The normalized spacial score (nSPS) is 51.3. The third-order valence-corrected chi connectivity index (χ3v) is 10.5. The first-order valence-corrected chi connectivity index (χ1v) is 12.5. The molecule has 0 radical (unpaired) electrons. The summed E-state index contributed by atoms with van der Waals surface area (Å²) in [5.74, 6) is -2.04. The molecule has 4 aliphatic rings. The Labute approximate surface area is 200 Å². The number of aliphatic hydroxyl groups is 5. The fourth-order valence-electron chi connectivity index (χ4n) is 8.72. The second kappa shape index (κ2) is 7.26. The lowest BCUT2D eigenvalue weighted by molar-refractivity contribution is -0.201. The number of carbonyl (C=O) groups is 1. The minimum absolute atomic E-state index is 0.0658. The van der Waals surface area contributed by atoms with E-state index in [9.17, 15) is 30.3 Å². The molecule has 0 saturated heterocycles. The summed E-state index contributed by atoms with van der Waals surface area (Å²) in [6, 6.07) is 8.68. The first-order valence-electron chi connectivity index (χ1n) is 12.5. The zero-order chi connectivity index (χ0) is 24.9. The predicted molar refractivity (Wildman–Crippen MR) is 124 cm³/mol. The lowest BCUT2D eigenvalue weighted by Crippen LogP contribution is -2.60. The summed E-state index contributed by atoms with van der Waals surface area (Å²) < 4.78 is 6.13. The molecule has 0 aromatic heterocycles. The van der Waals surface area contributed by atoms with E-state index in [2.05, 4.69) is 0 Å². The minimum Gasteiger partial charge on any atom is -0.458 e. The minimum atomic E-state index is -1.74. The monoisotopic (exact) mass is 474 g/mol. The van der Waals surface area contributed by atoms with E-state index in [0.717, 1.165) is 0 Å². The molecule has 1 aromatic rings. The average molecular weight is 475 g/mol. The number of hydrogen-bond donors (Lipinski definition) is 5. The van der Waals surface area contributed by atoms with Crippen molar-refractivity contribution in [2.24, 2.45) is 28.6 Å². The fourth-order valence-corrected chi connectivity index (χ4v) is 8.72. The summed E-state index contributed by atoms with van der Waals surface area (Å²) in [5, 5.41) is 58.0. The number of hydrogen-bond acceptors (Lipinski definition) is 7. The molecule has 34 heavy (non-hydrogen) atoms. The van der Waals surface area contributed by atoms with Gasteiger partial charge in [0.05, 0.1) is 29.0 Å². The van der Waals surface area contributed by atoms with Gasteiger partial charge in [-0.05, 0) is 64.0 Å². The second-order valence-electron chi connectivity index (χ2n) is 12.5. The summed E-state index contributed by atoms with van der Waals surface area (Å²) in [6.45, 7) is 6.88. The van der Waals surface area contributed by atoms with Gasteiger partial charge in [0.2, 0.25) is 0 Å². The maximum Gasteiger partial charge on any atom is 0.338 e. The highest BCUT2D eigenvalue weighted by molar-refractivity contribution is 5.89. The first kappa shape index (κ1) is 24.2. The Bertz CT molecular complexity index is 972. The predicted octanol–water partition coefficient (Wildman–Crippen LogP) is 2.03. The molecule has 0 aliphatic heterocycles. The van der Waals surface area contributed by atoms with Crippen molar-refractivity contribution in [3.8, 4) is 0 Å². The highest BCUT2D eigenvalue weighted by Gasteiger charge is 2.77. The van der Waals surface area contributed by atoms with Crippen LogP contribution in [-0.2, 0) is 4.74 Å². The molecule has 7 nitrogen and oxygen atoms in total. The molecule has 0 amide bonds. The van der Waals surface area contributed by atoms with Gasteiger partial charge >= 0.3 is 5.97 Å². The molecule has 1 aromatic carbocycles. The molecule has 1 spiro atoms. The number of rotatable bonds is 2. The molecule has 7 heteroatoms. The zero-order valence-corrected chi connectivity index (χ0v) is 20.4. The molecule has 2 unspecified atom stereocenters. The van der Waals surface area contributed by atoms with Crippen LogP contribution in [0.2, 0.25) is 0 Å². The van der Waals surface area contributed by atoms with Crippen LogP contribution < -0.4 is 0 Å². The van der Waals surface area contributed by atoms with Gasteiger partial charge in [0.15, 0.2) is 0 Å². The van der Waals surface area contributed by atoms with Crippen LogP contribution >= 0.6 is 0 Å². The molecule has 5 rings (SSSR count). The number of aliphatic hydroxyl groups excluding tert-OH is 2. The van der Waals surface area contributed by atoms with E-state index >= 15 is 0 Å². The van der Waals surface area contributed by atoms with Crippen LogP contribution in [0.15, 0.2) is 30.3 Å². The molecule has 4 fully saturated rings. The van der Waals surface area contributed by atoms with E-state index < -0.39 is 63.8 Å².